The number of hydrogen-bond donors (Lipinski definition) is 2. The molecule has 0 aliphatic rings. The van der Waals surface area contributed by atoms with Crippen molar-refractivity contribution in [1.82, 2.24) is 9.97 Å². The molecule has 0 saturated carbocycles. The lowest BCUT2D eigenvalue weighted by Crippen LogP contribution is -2.17. The Morgan fingerprint density at radius 1 is 1.14 bits per heavy atom. The SMILES string of the molecule is O=[N+]([O-])/C(=N/Nc1ccccc1)c1nc2ccccc2[nH]1. The number of imidazole rings is 1. The molecule has 2 N–H and O–H groups in total. The van der Waals surface area contributed by atoms with E-state index in [2.05, 4.69) is 20.5 Å². The van der Waals surface area contributed by atoms with Crippen molar-refractivity contribution in [3.05, 3.63) is 70.5 Å². The summed E-state index contributed by atoms with van der Waals surface area (Å²) in [5.74, 6) is -0.250. The number of hydrazone groups is 1. The first-order valence-corrected chi connectivity index (χ1v) is 6.22. The van der Waals surface area contributed by atoms with Gasteiger partial charge in [0.05, 0.1) is 21.8 Å². The van der Waals surface area contributed by atoms with E-state index in [4.69, 9.17) is 0 Å². The maximum atomic E-state index is 11.2. The highest BCUT2D eigenvalue weighted by Crippen LogP contribution is 2.12. The number of hydrogen-bond acceptors (Lipinski definition) is 5. The van der Waals surface area contributed by atoms with Crippen LogP contribution < -0.4 is 5.43 Å². The molecule has 0 amide bonds. The lowest BCUT2D eigenvalue weighted by atomic mass is 10.3. The fourth-order valence-corrected chi connectivity index (χ4v) is 1.87. The highest BCUT2D eigenvalue weighted by Gasteiger charge is 2.21. The number of rotatable bonds is 3. The van der Waals surface area contributed by atoms with Crippen LogP contribution in [0.15, 0.2) is 59.7 Å². The average molecular weight is 281 g/mol. The molecule has 1 heterocycles. The van der Waals surface area contributed by atoms with E-state index >= 15 is 0 Å². The van der Waals surface area contributed by atoms with Crippen LogP contribution >= 0.6 is 0 Å². The van der Waals surface area contributed by atoms with Gasteiger partial charge in [-0.15, -0.1) is 0 Å². The smallest absolute Gasteiger partial charge is 0.358 e. The zero-order valence-electron chi connectivity index (χ0n) is 10.9. The fraction of sp³-hybridized carbons (Fsp3) is 0. The number of aromatic nitrogens is 2. The summed E-state index contributed by atoms with van der Waals surface area (Å²) in [4.78, 5) is 17.7. The summed E-state index contributed by atoms with van der Waals surface area (Å²) in [6, 6.07) is 16.2. The van der Waals surface area contributed by atoms with Gasteiger partial charge in [0.25, 0.3) is 0 Å². The summed E-state index contributed by atoms with van der Waals surface area (Å²) in [7, 11) is 0. The summed E-state index contributed by atoms with van der Waals surface area (Å²) < 4.78 is 0. The molecule has 104 valence electrons. The van der Waals surface area contributed by atoms with E-state index in [1.807, 2.05) is 30.3 Å². The molecule has 2 aromatic carbocycles. The molecule has 3 aromatic rings. The van der Waals surface area contributed by atoms with E-state index in [1.165, 1.54) is 0 Å². The van der Waals surface area contributed by atoms with Crippen LogP contribution in [0.1, 0.15) is 5.82 Å². The van der Waals surface area contributed by atoms with Crippen molar-refractivity contribution >= 4 is 22.6 Å². The van der Waals surface area contributed by atoms with E-state index in [9.17, 15) is 10.1 Å². The van der Waals surface area contributed by atoms with Crippen LogP contribution in [-0.4, -0.2) is 20.7 Å². The predicted octanol–water partition coefficient (Wildman–Crippen LogP) is 2.61. The summed E-state index contributed by atoms with van der Waals surface area (Å²) in [6.07, 6.45) is 0. The van der Waals surface area contributed by atoms with Crippen molar-refractivity contribution in [3.8, 4) is 0 Å². The Bertz CT molecular complexity index is 777. The normalized spacial score (nSPS) is 11.5. The summed E-state index contributed by atoms with van der Waals surface area (Å²) in [5.41, 5.74) is 4.69. The highest BCUT2D eigenvalue weighted by molar-refractivity contribution is 5.93. The Balaban J connectivity index is 1.96. The average Bonchev–Trinajstić information content (AvgIpc) is 2.91. The van der Waals surface area contributed by atoms with Gasteiger partial charge in [-0.3, -0.25) is 0 Å². The molecule has 21 heavy (non-hydrogen) atoms. The van der Waals surface area contributed by atoms with Crippen LogP contribution in [0, 0.1) is 10.1 Å². The molecule has 3 rings (SSSR count). The first-order chi connectivity index (χ1) is 10.2. The Labute approximate surface area is 119 Å². The third-order valence-electron chi connectivity index (χ3n) is 2.84. The third-order valence-corrected chi connectivity index (χ3v) is 2.84. The summed E-state index contributed by atoms with van der Waals surface area (Å²) >= 11 is 0. The maximum Gasteiger partial charge on any atom is 0.430 e. The Morgan fingerprint density at radius 3 is 2.57 bits per heavy atom. The van der Waals surface area contributed by atoms with E-state index in [-0.39, 0.29) is 11.7 Å². The number of H-pyrrole nitrogens is 1. The topological polar surface area (TPSA) is 96.2 Å². The highest BCUT2D eigenvalue weighted by atomic mass is 16.6. The van der Waals surface area contributed by atoms with Gasteiger partial charge in [-0.1, -0.05) is 30.3 Å². The molecule has 0 bridgehead atoms. The molecule has 1 aromatic heterocycles. The second-order valence-corrected chi connectivity index (χ2v) is 4.27. The number of amidine groups is 1. The van der Waals surface area contributed by atoms with Crippen molar-refractivity contribution in [2.24, 2.45) is 5.10 Å². The van der Waals surface area contributed by atoms with Gasteiger partial charge in [0.2, 0.25) is 5.82 Å². The minimum Gasteiger partial charge on any atom is -0.358 e. The standard InChI is InChI=1S/C14H11N5O2/c20-19(21)14(18-17-10-6-2-1-3-7-10)13-15-11-8-4-5-9-12(11)16-13/h1-9,17H,(H,15,16)/b18-14+. The number of para-hydroxylation sites is 3. The van der Waals surface area contributed by atoms with Gasteiger partial charge >= 0.3 is 5.84 Å². The van der Waals surface area contributed by atoms with E-state index in [1.54, 1.807) is 24.3 Å². The number of fused-ring (bicyclic) bond motifs is 1. The lowest BCUT2D eigenvalue weighted by Gasteiger charge is -1.96. The Kier molecular flexibility index (Phi) is 3.30. The molecule has 0 radical (unpaired) electrons. The number of nitrogens with zero attached hydrogens (tertiary/aromatic N) is 3. The van der Waals surface area contributed by atoms with Gasteiger partial charge in [0, 0.05) is 0 Å². The zero-order chi connectivity index (χ0) is 14.7. The first kappa shape index (κ1) is 12.8. The minimum absolute atomic E-state index is 0.115. The minimum atomic E-state index is -0.576. The molecule has 0 aliphatic heterocycles. The van der Waals surface area contributed by atoms with Crippen molar-refractivity contribution in [2.45, 2.75) is 0 Å². The molecule has 0 spiro atoms. The lowest BCUT2D eigenvalue weighted by molar-refractivity contribution is -0.349. The van der Waals surface area contributed by atoms with Crippen LogP contribution in [0.25, 0.3) is 11.0 Å². The maximum absolute atomic E-state index is 11.2. The number of benzene rings is 2. The number of nitro groups is 1. The molecular formula is C14H11N5O2. The number of anilines is 1. The van der Waals surface area contributed by atoms with E-state index < -0.39 is 4.92 Å². The molecule has 7 heteroatoms. The summed E-state index contributed by atoms with van der Waals surface area (Å²) in [6.45, 7) is 0. The first-order valence-electron chi connectivity index (χ1n) is 6.22. The van der Waals surface area contributed by atoms with Crippen LogP contribution in [-0.2, 0) is 0 Å². The molecule has 0 atom stereocenters. The number of nitrogens with one attached hydrogen (secondary N) is 2. The largest absolute Gasteiger partial charge is 0.430 e. The van der Waals surface area contributed by atoms with Gasteiger partial charge in [0.15, 0.2) is 0 Å². The molecule has 0 fully saturated rings. The molecule has 0 aliphatic carbocycles. The van der Waals surface area contributed by atoms with Gasteiger partial charge < -0.3 is 15.1 Å². The second kappa shape index (κ2) is 5.41. The van der Waals surface area contributed by atoms with Gasteiger partial charge in [-0.25, -0.2) is 4.98 Å². The van der Waals surface area contributed by atoms with Crippen molar-refractivity contribution in [1.29, 1.82) is 0 Å². The summed E-state index contributed by atoms with van der Waals surface area (Å²) in [5, 5.41) is 15.0. The van der Waals surface area contributed by atoms with Gasteiger partial charge in [-0.05, 0) is 29.2 Å². The van der Waals surface area contributed by atoms with Crippen LogP contribution in [0.2, 0.25) is 0 Å². The molecule has 0 saturated heterocycles. The quantitative estimate of drug-likeness (QED) is 0.334. The van der Waals surface area contributed by atoms with Crippen molar-refractivity contribution < 1.29 is 4.92 Å². The predicted molar refractivity (Wildman–Crippen MR) is 79.7 cm³/mol. The zero-order valence-corrected chi connectivity index (χ0v) is 10.9. The fourth-order valence-electron chi connectivity index (χ4n) is 1.87. The van der Waals surface area contributed by atoms with Gasteiger partial charge in [0.1, 0.15) is 0 Å². The Hall–Kier alpha value is -3.22. The monoisotopic (exact) mass is 281 g/mol. The van der Waals surface area contributed by atoms with Crippen molar-refractivity contribution in [3.63, 3.8) is 0 Å². The van der Waals surface area contributed by atoms with Gasteiger partial charge in [-0.2, -0.15) is 5.43 Å². The second-order valence-electron chi connectivity index (χ2n) is 4.27. The van der Waals surface area contributed by atoms with E-state index in [0.717, 1.165) is 5.52 Å². The van der Waals surface area contributed by atoms with Crippen LogP contribution in [0.3, 0.4) is 0 Å². The molecule has 0 unspecified atom stereocenters. The molecular weight excluding hydrogens is 270 g/mol. The van der Waals surface area contributed by atoms with Crippen molar-refractivity contribution in [2.75, 3.05) is 5.43 Å². The molecule has 7 nitrogen and oxygen atoms in total. The van der Waals surface area contributed by atoms with Crippen LogP contribution in [0.5, 0.6) is 0 Å². The van der Waals surface area contributed by atoms with Crippen LogP contribution in [0.4, 0.5) is 5.69 Å². The number of aromatic amines is 1. The van der Waals surface area contributed by atoms with E-state index in [0.29, 0.717) is 11.2 Å². The Morgan fingerprint density at radius 2 is 1.86 bits per heavy atom. The third kappa shape index (κ3) is 2.71.